The number of rotatable bonds is 9. The summed E-state index contributed by atoms with van der Waals surface area (Å²) < 4.78 is 52.5. The number of ether oxygens (including phenoxy) is 2. The highest BCUT2D eigenvalue weighted by atomic mass is 32.2. The molecule has 7 nitrogen and oxygen atoms in total. The Morgan fingerprint density at radius 2 is 1.59 bits per heavy atom. The van der Waals surface area contributed by atoms with Gasteiger partial charge in [0.2, 0.25) is 0 Å². The fraction of sp³-hybridized carbons (Fsp3) is 0.174. The normalized spacial score (nSPS) is 11.0. The van der Waals surface area contributed by atoms with E-state index in [0.29, 0.717) is 24.7 Å². The SMILES string of the molecule is CCOc1ccc(NS(=O)(=O)c2cccc(C(=O)Nc3ccc(OCC)c(F)c3)c2)cc1. The van der Waals surface area contributed by atoms with Crippen molar-refractivity contribution < 1.29 is 27.1 Å². The van der Waals surface area contributed by atoms with Gasteiger partial charge in [-0.3, -0.25) is 9.52 Å². The average molecular weight is 459 g/mol. The first kappa shape index (κ1) is 23.1. The Labute approximate surface area is 186 Å². The van der Waals surface area contributed by atoms with Crippen molar-refractivity contribution >= 4 is 27.3 Å². The summed E-state index contributed by atoms with van der Waals surface area (Å²) in [6, 6.07) is 16.1. The van der Waals surface area contributed by atoms with Crippen molar-refractivity contribution in [3.05, 3.63) is 78.1 Å². The van der Waals surface area contributed by atoms with Gasteiger partial charge in [0.05, 0.1) is 18.1 Å². The molecular weight excluding hydrogens is 435 g/mol. The summed E-state index contributed by atoms with van der Waals surface area (Å²) >= 11 is 0. The van der Waals surface area contributed by atoms with E-state index < -0.39 is 21.7 Å². The molecule has 0 fully saturated rings. The maximum absolute atomic E-state index is 14.0. The Hall–Kier alpha value is -3.59. The maximum Gasteiger partial charge on any atom is 0.261 e. The summed E-state index contributed by atoms with van der Waals surface area (Å²) in [6.07, 6.45) is 0. The third-order valence-corrected chi connectivity index (χ3v) is 5.69. The van der Waals surface area contributed by atoms with Gasteiger partial charge >= 0.3 is 0 Å². The molecule has 0 saturated carbocycles. The predicted octanol–water partition coefficient (Wildman–Crippen LogP) is 4.68. The largest absolute Gasteiger partial charge is 0.494 e. The van der Waals surface area contributed by atoms with Crippen LogP contribution in [0.3, 0.4) is 0 Å². The zero-order valence-corrected chi connectivity index (χ0v) is 18.4. The zero-order chi connectivity index (χ0) is 23.1. The van der Waals surface area contributed by atoms with Crippen molar-refractivity contribution in [2.75, 3.05) is 23.3 Å². The Morgan fingerprint density at radius 1 is 0.906 bits per heavy atom. The van der Waals surface area contributed by atoms with Crippen LogP contribution < -0.4 is 19.5 Å². The molecule has 0 radical (unpaired) electrons. The Kier molecular flexibility index (Phi) is 7.32. The summed E-state index contributed by atoms with van der Waals surface area (Å²) in [6.45, 7) is 4.41. The van der Waals surface area contributed by atoms with Gasteiger partial charge in [0.25, 0.3) is 15.9 Å². The van der Waals surface area contributed by atoms with Crippen molar-refractivity contribution in [3.63, 3.8) is 0 Å². The van der Waals surface area contributed by atoms with Gasteiger partial charge in [-0.2, -0.15) is 0 Å². The van der Waals surface area contributed by atoms with Gasteiger partial charge in [0.1, 0.15) is 5.75 Å². The maximum atomic E-state index is 14.0. The molecule has 168 valence electrons. The van der Waals surface area contributed by atoms with E-state index in [1.54, 1.807) is 31.2 Å². The second-order valence-corrected chi connectivity index (χ2v) is 8.31. The lowest BCUT2D eigenvalue weighted by atomic mass is 10.2. The van der Waals surface area contributed by atoms with Gasteiger partial charge in [-0.1, -0.05) is 6.07 Å². The quantitative estimate of drug-likeness (QED) is 0.486. The zero-order valence-electron chi connectivity index (χ0n) is 17.6. The number of carbonyl (C=O) groups is 1. The van der Waals surface area contributed by atoms with Gasteiger partial charge in [-0.05, 0) is 68.4 Å². The van der Waals surface area contributed by atoms with E-state index in [1.807, 2.05) is 6.92 Å². The van der Waals surface area contributed by atoms with Crippen molar-refractivity contribution in [2.45, 2.75) is 18.7 Å². The third-order valence-electron chi connectivity index (χ3n) is 4.31. The molecule has 2 N–H and O–H groups in total. The smallest absolute Gasteiger partial charge is 0.261 e. The molecule has 0 aliphatic carbocycles. The van der Waals surface area contributed by atoms with Crippen molar-refractivity contribution in [1.29, 1.82) is 0 Å². The lowest BCUT2D eigenvalue weighted by molar-refractivity contribution is 0.102. The Morgan fingerprint density at radius 3 is 2.25 bits per heavy atom. The van der Waals surface area contributed by atoms with Crippen LogP contribution in [0.1, 0.15) is 24.2 Å². The molecule has 0 saturated heterocycles. The minimum Gasteiger partial charge on any atom is -0.494 e. The summed E-state index contributed by atoms with van der Waals surface area (Å²) in [5.41, 5.74) is 0.679. The number of nitrogens with one attached hydrogen (secondary N) is 2. The summed E-state index contributed by atoms with van der Waals surface area (Å²) in [5.74, 6) is -0.481. The van der Waals surface area contributed by atoms with E-state index >= 15 is 0 Å². The molecule has 0 heterocycles. The first-order valence-electron chi connectivity index (χ1n) is 9.92. The van der Waals surface area contributed by atoms with Crippen LogP contribution in [0.2, 0.25) is 0 Å². The standard InChI is InChI=1S/C23H23FN2O5S/c1-3-30-19-11-8-17(9-12-19)26-32(28,29)20-7-5-6-16(14-20)23(27)25-18-10-13-22(31-4-2)21(24)15-18/h5-15,26H,3-4H2,1-2H3,(H,25,27). The molecule has 9 heteroatoms. The number of hydrogen-bond donors (Lipinski definition) is 2. The third kappa shape index (κ3) is 5.76. The van der Waals surface area contributed by atoms with Gasteiger partial charge < -0.3 is 14.8 Å². The van der Waals surface area contributed by atoms with Crippen LogP contribution in [-0.4, -0.2) is 27.5 Å². The highest BCUT2D eigenvalue weighted by molar-refractivity contribution is 7.92. The van der Waals surface area contributed by atoms with E-state index in [1.165, 1.54) is 36.4 Å². The molecule has 3 aromatic carbocycles. The van der Waals surface area contributed by atoms with Crippen LogP contribution in [0, 0.1) is 5.82 Å². The second-order valence-electron chi connectivity index (χ2n) is 6.62. The van der Waals surface area contributed by atoms with E-state index in [4.69, 9.17) is 9.47 Å². The monoisotopic (exact) mass is 458 g/mol. The van der Waals surface area contributed by atoms with Crippen LogP contribution in [0.25, 0.3) is 0 Å². The van der Waals surface area contributed by atoms with E-state index in [-0.39, 0.29) is 21.9 Å². The minimum atomic E-state index is -3.93. The highest BCUT2D eigenvalue weighted by Crippen LogP contribution is 2.23. The number of hydrogen-bond acceptors (Lipinski definition) is 5. The lowest BCUT2D eigenvalue weighted by Crippen LogP contribution is -2.16. The molecule has 0 aliphatic rings. The van der Waals surface area contributed by atoms with Gasteiger partial charge in [0, 0.05) is 23.0 Å². The van der Waals surface area contributed by atoms with Crippen molar-refractivity contribution in [2.24, 2.45) is 0 Å². The average Bonchev–Trinajstić information content (AvgIpc) is 2.77. The second kappa shape index (κ2) is 10.1. The summed E-state index contributed by atoms with van der Waals surface area (Å²) in [5, 5.41) is 2.55. The minimum absolute atomic E-state index is 0.0824. The number of carbonyl (C=O) groups excluding carboxylic acids is 1. The van der Waals surface area contributed by atoms with Gasteiger partial charge in [0.15, 0.2) is 11.6 Å². The molecule has 0 bridgehead atoms. The molecular formula is C23H23FN2O5S. The molecule has 3 rings (SSSR count). The molecule has 0 aromatic heterocycles. The van der Waals surface area contributed by atoms with Gasteiger partial charge in [-0.15, -0.1) is 0 Å². The fourth-order valence-electron chi connectivity index (χ4n) is 2.86. The van der Waals surface area contributed by atoms with Crippen molar-refractivity contribution in [1.82, 2.24) is 0 Å². The predicted molar refractivity (Wildman–Crippen MR) is 120 cm³/mol. The van der Waals surface area contributed by atoms with E-state index in [9.17, 15) is 17.6 Å². The summed E-state index contributed by atoms with van der Waals surface area (Å²) in [7, 11) is -3.93. The van der Waals surface area contributed by atoms with Gasteiger partial charge in [-0.25, -0.2) is 12.8 Å². The van der Waals surface area contributed by atoms with Crippen LogP contribution >= 0.6 is 0 Å². The number of halogens is 1. The Bertz CT molecular complexity index is 1200. The summed E-state index contributed by atoms with van der Waals surface area (Å²) in [4.78, 5) is 12.5. The van der Waals surface area contributed by atoms with Crippen LogP contribution in [0.5, 0.6) is 11.5 Å². The Balaban J connectivity index is 1.74. The van der Waals surface area contributed by atoms with Crippen LogP contribution in [0.15, 0.2) is 71.6 Å². The number of anilines is 2. The number of amides is 1. The van der Waals surface area contributed by atoms with E-state index in [2.05, 4.69) is 10.0 Å². The molecule has 0 atom stereocenters. The van der Waals surface area contributed by atoms with E-state index in [0.717, 1.165) is 6.07 Å². The number of sulfonamides is 1. The van der Waals surface area contributed by atoms with Crippen molar-refractivity contribution in [3.8, 4) is 11.5 Å². The molecule has 0 spiro atoms. The molecule has 3 aromatic rings. The molecule has 0 aliphatic heterocycles. The lowest BCUT2D eigenvalue weighted by Gasteiger charge is -2.11. The first-order valence-corrected chi connectivity index (χ1v) is 11.4. The van der Waals surface area contributed by atoms with Crippen LogP contribution in [-0.2, 0) is 10.0 Å². The highest BCUT2D eigenvalue weighted by Gasteiger charge is 2.17. The van der Waals surface area contributed by atoms with Crippen LogP contribution in [0.4, 0.5) is 15.8 Å². The number of benzene rings is 3. The molecule has 32 heavy (non-hydrogen) atoms. The topological polar surface area (TPSA) is 93.7 Å². The molecule has 0 unspecified atom stereocenters. The molecule has 1 amide bonds. The first-order chi connectivity index (χ1) is 15.3. The fourth-order valence-corrected chi connectivity index (χ4v) is 3.96.